The Hall–Kier alpha value is 0.136. The number of hydrogen-bond acceptors (Lipinski definition) is 4. The van der Waals surface area contributed by atoms with Gasteiger partial charge in [-0.05, 0) is 12.1 Å². The molecule has 0 amide bonds. The summed E-state index contributed by atoms with van der Waals surface area (Å²) >= 11 is 0. The molecule has 0 radical (unpaired) electrons. The van der Waals surface area contributed by atoms with Crippen LogP contribution in [0.4, 0.5) is 8.78 Å². The number of carbonyl (C=O) groups excluding carboxylic acids is 1. The van der Waals surface area contributed by atoms with Crippen molar-refractivity contribution >= 4 is 15.8 Å². The van der Waals surface area contributed by atoms with Gasteiger partial charge < -0.3 is 9.90 Å². The van der Waals surface area contributed by atoms with Gasteiger partial charge in [0.2, 0.25) is 9.84 Å². The van der Waals surface area contributed by atoms with Gasteiger partial charge in [-0.2, -0.15) is 8.78 Å². The molecule has 0 aliphatic carbocycles. The average molecular weight is 274 g/mol. The first kappa shape index (κ1) is 16.1. The third-order valence-corrected chi connectivity index (χ3v) is 3.36. The molecule has 16 heavy (non-hydrogen) atoms. The number of halogens is 2. The van der Waals surface area contributed by atoms with Crippen molar-refractivity contribution in [2.75, 3.05) is 0 Å². The van der Waals surface area contributed by atoms with Gasteiger partial charge in [-0.15, -0.1) is 0 Å². The molecule has 82 valence electrons. The molecule has 0 N–H and O–H groups in total. The third kappa shape index (κ3) is 2.87. The third-order valence-electron chi connectivity index (χ3n) is 1.63. The van der Waals surface area contributed by atoms with E-state index < -0.39 is 26.0 Å². The van der Waals surface area contributed by atoms with E-state index in [2.05, 4.69) is 0 Å². The Balaban J connectivity index is 0.00000225. The van der Waals surface area contributed by atoms with Gasteiger partial charge in [0.15, 0.2) is 0 Å². The summed E-state index contributed by atoms with van der Waals surface area (Å²) in [6.45, 7) is 0. The van der Waals surface area contributed by atoms with Crippen LogP contribution in [0.25, 0.3) is 0 Å². The molecule has 1 aromatic rings. The maximum Gasteiger partial charge on any atom is 1.00 e. The normalized spacial score (nSPS) is 11.6. The molecule has 0 heterocycles. The van der Waals surface area contributed by atoms with Crippen LogP contribution in [0.5, 0.6) is 0 Å². The van der Waals surface area contributed by atoms with E-state index in [-0.39, 0.29) is 51.4 Å². The van der Waals surface area contributed by atoms with Crippen molar-refractivity contribution < 1.29 is 78.5 Å². The molecule has 1 aromatic carbocycles. The molecule has 0 unspecified atom stereocenters. The maximum atomic E-state index is 12.8. The van der Waals surface area contributed by atoms with Gasteiger partial charge in [-0.1, -0.05) is 18.2 Å². The van der Waals surface area contributed by atoms with E-state index in [4.69, 9.17) is 0 Å². The molecule has 0 bridgehead atoms. The average Bonchev–Trinajstić information content (AvgIpc) is 2.18. The molecule has 0 aromatic heterocycles. The summed E-state index contributed by atoms with van der Waals surface area (Å²) in [7, 11) is -5.23. The molecule has 0 spiro atoms. The first-order valence-corrected chi connectivity index (χ1v) is 5.17. The number of carbonyl (C=O) groups is 1. The summed E-state index contributed by atoms with van der Waals surface area (Å²) in [6, 6.07) is 5.59. The van der Waals surface area contributed by atoms with Gasteiger partial charge in [-0.25, -0.2) is 8.42 Å². The summed E-state index contributed by atoms with van der Waals surface area (Å²) in [5.41, 5.74) is 0. The van der Waals surface area contributed by atoms with E-state index in [0.717, 1.165) is 12.1 Å². The van der Waals surface area contributed by atoms with Crippen LogP contribution in [0.15, 0.2) is 35.2 Å². The van der Waals surface area contributed by atoms with Crippen LogP contribution >= 0.6 is 0 Å². The zero-order chi connectivity index (χ0) is 11.7. The van der Waals surface area contributed by atoms with Gasteiger partial charge >= 0.3 is 56.6 Å². The van der Waals surface area contributed by atoms with Crippen molar-refractivity contribution in [1.29, 1.82) is 0 Å². The molecular weight excluding hydrogens is 269 g/mol. The number of hydrogen-bond donors (Lipinski definition) is 0. The van der Waals surface area contributed by atoms with Gasteiger partial charge in [0.05, 0.1) is 4.90 Å². The van der Waals surface area contributed by atoms with E-state index in [1.54, 1.807) is 0 Å². The predicted molar refractivity (Wildman–Crippen MR) is 43.6 cm³/mol. The largest absolute Gasteiger partial charge is 1.00 e. The first-order valence-electron chi connectivity index (χ1n) is 3.69. The second-order valence-corrected chi connectivity index (χ2v) is 4.61. The van der Waals surface area contributed by atoms with Crippen LogP contribution in [0.2, 0.25) is 0 Å². The fourth-order valence-electron chi connectivity index (χ4n) is 0.857. The number of carboxylic acid groups (broad SMARTS) is 1. The summed E-state index contributed by atoms with van der Waals surface area (Å²) in [5.74, 6) is -2.94. The second kappa shape index (κ2) is 5.65. The summed E-state index contributed by atoms with van der Waals surface area (Å²) in [4.78, 5) is 9.24. The van der Waals surface area contributed by atoms with E-state index >= 15 is 0 Å². The molecular formula is C8H5F2KO4S. The van der Waals surface area contributed by atoms with Crippen molar-refractivity contribution in [2.24, 2.45) is 0 Å². The molecule has 4 nitrogen and oxygen atoms in total. The van der Waals surface area contributed by atoms with E-state index in [1.165, 1.54) is 18.2 Å². The van der Waals surface area contributed by atoms with E-state index in [0.29, 0.717) is 0 Å². The number of rotatable bonds is 3. The summed E-state index contributed by atoms with van der Waals surface area (Å²) in [5, 5.41) is 5.08. The van der Waals surface area contributed by atoms with E-state index in [1.807, 2.05) is 0 Å². The standard InChI is InChI=1S/C8H6F2O4S.K/c9-8(10,7(11)12)15(13,14)6-4-2-1-3-5-6;/h1-5H,(H,11,12);/q;+1/p-1. The number of sulfone groups is 1. The Kier molecular flexibility index (Phi) is 5.70. The van der Waals surface area contributed by atoms with Gasteiger partial charge in [0.25, 0.3) is 0 Å². The molecule has 0 saturated carbocycles. The van der Waals surface area contributed by atoms with E-state index in [9.17, 15) is 27.1 Å². The maximum absolute atomic E-state index is 12.8. The zero-order valence-electron chi connectivity index (χ0n) is 8.18. The Morgan fingerprint density at radius 2 is 1.62 bits per heavy atom. The molecule has 0 saturated heterocycles. The monoisotopic (exact) mass is 274 g/mol. The number of alkyl halides is 2. The summed E-state index contributed by atoms with van der Waals surface area (Å²) in [6.07, 6.45) is 0. The quantitative estimate of drug-likeness (QED) is 0.544. The van der Waals surface area contributed by atoms with Crippen molar-refractivity contribution in [3.8, 4) is 0 Å². The molecule has 0 aliphatic heterocycles. The SMILES string of the molecule is O=C([O-])C(F)(F)S(=O)(=O)c1ccccc1.[K+]. The fourth-order valence-corrected chi connectivity index (χ4v) is 1.89. The van der Waals surface area contributed by atoms with Crippen LogP contribution in [0.1, 0.15) is 0 Å². The first-order chi connectivity index (χ1) is 6.80. The Bertz CT molecular complexity index is 472. The van der Waals surface area contributed by atoms with Crippen LogP contribution in [-0.2, 0) is 14.6 Å². The minimum Gasteiger partial charge on any atom is -0.543 e. The Labute approximate surface area is 133 Å². The Morgan fingerprint density at radius 3 is 2.00 bits per heavy atom. The van der Waals surface area contributed by atoms with Crippen molar-refractivity contribution in [1.82, 2.24) is 0 Å². The zero-order valence-corrected chi connectivity index (χ0v) is 12.1. The topological polar surface area (TPSA) is 74.3 Å². The van der Waals surface area contributed by atoms with Gasteiger partial charge in [0, 0.05) is 0 Å². The van der Waals surface area contributed by atoms with Crippen LogP contribution in [0, 0.1) is 0 Å². The van der Waals surface area contributed by atoms with Gasteiger partial charge in [0.1, 0.15) is 5.97 Å². The van der Waals surface area contributed by atoms with Crippen molar-refractivity contribution in [2.45, 2.75) is 10.2 Å². The van der Waals surface area contributed by atoms with Crippen molar-refractivity contribution in [3.05, 3.63) is 30.3 Å². The minimum atomic E-state index is -5.23. The van der Waals surface area contributed by atoms with Crippen LogP contribution in [0.3, 0.4) is 0 Å². The van der Waals surface area contributed by atoms with Crippen molar-refractivity contribution in [3.63, 3.8) is 0 Å². The number of carboxylic acids is 1. The molecule has 1 rings (SSSR count). The Morgan fingerprint density at radius 1 is 1.19 bits per heavy atom. The summed E-state index contributed by atoms with van der Waals surface area (Å²) < 4.78 is 47.8. The van der Waals surface area contributed by atoms with Gasteiger partial charge in [-0.3, -0.25) is 0 Å². The molecule has 0 fully saturated rings. The smallest absolute Gasteiger partial charge is 0.543 e. The predicted octanol–water partition coefficient (Wildman–Crippen LogP) is -3.19. The molecule has 8 heteroatoms. The number of aliphatic carboxylic acids is 1. The van der Waals surface area contributed by atoms with Crippen LogP contribution in [-0.4, -0.2) is 19.6 Å². The molecule has 0 aliphatic rings. The van der Waals surface area contributed by atoms with Crippen LogP contribution < -0.4 is 56.5 Å². The fraction of sp³-hybridized carbons (Fsp3) is 0.125. The second-order valence-electron chi connectivity index (χ2n) is 2.62. The molecule has 0 atom stereocenters. The number of benzene rings is 1. The minimum absolute atomic E-state index is 0.